The molecule has 3 heterocycles. The molecule has 1 atom stereocenters. The summed E-state index contributed by atoms with van der Waals surface area (Å²) in [5.74, 6) is 1.29. The molecule has 1 unspecified atom stereocenters. The van der Waals surface area contributed by atoms with Crippen molar-refractivity contribution in [1.29, 1.82) is 0 Å². The Balaban J connectivity index is 1.26. The van der Waals surface area contributed by atoms with Crippen LogP contribution in [-0.2, 0) is 4.79 Å². The standard InChI is InChI=1S/C28H34N6O2S/c1-29-28-30-9-7-25(32-28)21-16-20-5-6-22(36-2)18-24(20)26(17-21)31-27(35)19-34-13-11-33(12-14-34)10-8-23-4-3-15-37-23/h3,5-7,9,15-18,23H,4,8,10-14,19H2,1-2H3,(H,31,35)(H,29,30,32). The molecular weight excluding hydrogens is 484 g/mol. The fourth-order valence-electron chi connectivity index (χ4n) is 4.86. The molecule has 0 spiro atoms. The summed E-state index contributed by atoms with van der Waals surface area (Å²) in [5, 5.41) is 11.1. The number of hydrogen-bond acceptors (Lipinski definition) is 8. The second-order valence-corrected chi connectivity index (χ2v) is 10.7. The molecule has 1 amide bonds. The summed E-state index contributed by atoms with van der Waals surface area (Å²) in [5.41, 5.74) is 2.45. The van der Waals surface area contributed by atoms with Gasteiger partial charge in [0.1, 0.15) is 5.75 Å². The Morgan fingerprint density at radius 3 is 2.73 bits per heavy atom. The van der Waals surface area contributed by atoms with Crippen LogP contribution in [0.15, 0.2) is 54.1 Å². The molecule has 2 aliphatic rings. The van der Waals surface area contributed by atoms with Crippen molar-refractivity contribution in [2.45, 2.75) is 18.1 Å². The maximum absolute atomic E-state index is 13.2. The molecule has 5 rings (SSSR count). The summed E-state index contributed by atoms with van der Waals surface area (Å²) in [6.45, 7) is 5.35. The molecular formula is C28H34N6O2S. The smallest absolute Gasteiger partial charge is 0.238 e. The number of fused-ring (bicyclic) bond motifs is 1. The number of ether oxygens (including phenoxy) is 1. The summed E-state index contributed by atoms with van der Waals surface area (Å²) < 4.78 is 5.45. The number of allylic oxidation sites excluding steroid dienone is 1. The van der Waals surface area contributed by atoms with Gasteiger partial charge < -0.3 is 20.3 Å². The largest absolute Gasteiger partial charge is 0.497 e. The topological polar surface area (TPSA) is 82.6 Å². The second kappa shape index (κ2) is 11.9. The van der Waals surface area contributed by atoms with Crippen LogP contribution in [0.25, 0.3) is 22.0 Å². The number of methoxy groups -OCH3 is 1. The Bertz CT molecular complexity index is 1270. The summed E-state index contributed by atoms with van der Waals surface area (Å²) in [6, 6.07) is 11.8. The predicted octanol–water partition coefficient (Wildman–Crippen LogP) is 4.31. The van der Waals surface area contributed by atoms with Gasteiger partial charge in [0.25, 0.3) is 0 Å². The molecule has 0 bridgehead atoms. The van der Waals surface area contributed by atoms with Gasteiger partial charge in [-0.25, -0.2) is 9.97 Å². The highest BCUT2D eigenvalue weighted by Crippen LogP contribution is 2.33. The van der Waals surface area contributed by atoms with Crippen molar-refractivity contribution < 1.29 is 9.53 Å². The third-order valence-electron chi connectivity index (χ3n) is 6.98. The van der Waals surface area contributed by atoms with Crippen LogP contribution in [0.3, 0.4) is 0 Å². The first-order chi connectivity index (χ1) is 18.1. The van der Waals surface area contributed by atoms with Gasteiger partial charge in [-0.1, -0.05) is 12.1 Å². The number of carbonyl (C=O) groups is 1. The molecule has 1 fully saturated rings. The summed E-state index contributed by atoms with van der Waals surface area (Å²) in [4.78, 5) is 26.7. The number of nitrogens with one attached hydrogen (secondary N) is 2. The minimum Gasteiger partial charge on any atom is -0.497 e. The van der Waals surface area contributed by atoms with Crippen molar-refractivity contribution in [2.75, 3.05) is 64.1 Å². The summed E-state index contributed by atoms with van der Waals surface area (Å²) in [6.07, 6.45) is 6.43. The van der Waals surface area contributed by atoms with E-state index in [1.165, 1.54) is 12.8 Å². The average Bonchev–Trinajstić information content (AvgIpc) is 3.46. The maximum atomic E-state index is 13.2. The zero-order valence-corrected chi connectivity index (χ0v) is 22.3. The monoisotopic (exact) mass is 518 g/mol. The lowest BCUT2D eigenvalue weighted by atomic mass is 10.0. The van der Waals surface area contributed by atoms with Crippen LogP contribution >= 0.6 is 11.8 Å². The van der Waals surface area contributed by atoms with E-state index in [4.69, 9.17) is 4.74 Å². The molecule has 0 saturated carbocycles. The quantitative estimate of drug-likeness (QED) is 0.434. The van der Waals surface area contributed by atoms with Gasteiger partial charge in [0.05, 0.1) is 19.3 Å². The molecule has 2 aromatic carbocycles. The number of carbonyl (C=O) groups excluding carboxylic acids is 1. The van der Waals surface area contributed by atoms with Crippen LogP contribution in [0.2, 0.25) is 0 Å². The molecule has 0 radical (unpaired) electrons. The van der Waals surface area contributed by atoms with Gasteiger partial charge >= 0.3 is 0 Å². The van der Waals surface area contributed by atoms with Gasteiger partial charge in [-0.3, -0.25) is 9.69 Å². The zero-order chi connectivity index (χ0) is 25.6. The first kappa shape index (κ1) is 25.5. The normalized spacial score (nSPS) is 18.3. The number of hydrogen-bond donors (Lipinski definition) is 2. The maximum Gasteiger partial charge on any atom is 0.238 e. The molecule has 1 aromatic heterocycles. The van der Waals surface area contributed by atoms with Gasteiger partial charge in [0.15, 0.2) is 0 Å². The van der Waals surface area contributed by atoms with Crippen molar-refractivity contribution >= 4 is 40.1 Å². The highest BCUT2D eigenvalue weighted by molar-refractivity contribution is 8.03. The fraction of sp³-hybridized carbons (Fsp3) is 0.393. The minimum atomic E-state index is -0.0123. The van der Waals surface area contributed by atoms with E-state index in [9.17, 15) is 4.79 Å². The van der Waals surface area contributed by atoms with Crippen molar-refractivity contribution in [3.63, 3.8) is 0 Å². The predicted molar refractivity (Wildman–Crippen MR) is 152 cm³/mol. The Labute approximate surface area is 222 Å². The van der Waals surface area contributed by atoms with Crippen LogP contribution in [0.5, 0.6) is 5.75 Å². The van der Waals surface area contributed by atoms with E-state index in [1.807, 2.05) is 42.1 Å². The highest BCUT2D eigenvalue weighted by Gasteiger charge is 2.21. The number of nitrogens with zero attached hydrogens (tertiary/aromatic N) is 4. The lowest BCUT2D eigenvalue weighted by molar-refractivity contribution is -0.117. The van der Waals surface area contributed by atoms with E-state index in [2.05, 4.69) is 48.0 Å². The lowest BCUT2D eigenvalue weighted by Gasteiger charge is -2.34. The molecule has 3 aromatic rings. The SMILES string of the molecule is CNc1nccc(-c2cc(NC(=O)CN3CCN(CCC4CC=CS4)CC3)c3cc(OC)ccc3c2)n1. The number of anilines is 2. The number of amides is 1. The average molecular weight is 519 g/mol. The molecule has 37 heavy (non-hydrogen) atoms. The van der Waals surface area contributed by atoms with Crippen molar-refractivity contribution in [2.24, 2.45) is 0 Å². The van der Waals surface area contributed by atoms with Crippen LogP contribution in [0, 0.1) is 0 Å². The zero-order valence-electron chi connectivity index (χ0n) is 21.4. The molecule has 0 aliphatic carbocycles. The Kier molecular flexibility index (Phi) is 8.23. The minimum absolute atomic E-state index is 0.0123. The van der Waals surface area contributed by atoms with E-state index in [-0.39, 0.29) is 5.91 Å². The Morgan fingerprint density at radius 2 is 1.97 bits per heavy atom. The highest BCUT2D eigenvalue weighted by atomic mass is 32.2. The number of benzene rings is 2. The fourth-order valence-corrected chi connectivity index (χ4v) is 5.77. The summed E-state index contributed by atoms with van der Waals surface area (Å²) >= 11 is 1.96. The number of aromatic nitrogens is 2. The van der Waals surface area contributed by atoms with E-state index in [0.29, 0.717) is 12.5 Å². The third-order valence-corrected chi connectivity index (χ3v) is 8.14. The van der Waals surface area contributed by atoms with E-state index < -0.39 is 0 Å². The summed E-state index contributed by atoms with van der Waals surface area (Å²) in [7, 11) is 3.44. The van der Waals surface area contributed by atoms with Gasteiger partial charge in [0.2, 0.25) is 11.9 Å². The van der Waals surface area contributed by atoms with Gasteiger partial charge in [-0.15, -0.1) is 11.8 Å². The van der Waals surface area contributed by atoms with E-state index >= 15 is 0 Å². The van der Waals surface area contributed by atoms with Crippen LogP contribution in [-0.4, -0.2) is 84.4 Å². The van der Waals surface area contributed by atoms with Crippen molar-refractivity contribution in [3.05, 3.63) is 54.1 Å². The van der Waals surface area contributed by atoms with Gasteiger partial charge in [-0.2, -0.15) is 0 Å². The number of rotatable bonds is 9. The van der Waals surface area contributed by atoms with E-state index in [1.54, 1.807) is 20.4 Å². The Morgan fingerprint density at radius 1 is 1.14 bits per heavy atom. The van der Waals surface area contributed by atoms with Crippen LogP contribution in [0.1, 0.15) is 12.8 Å². The van der Waals surface area contributed by atoms with Crippen molar-refractivity contribution in [1.82, 2.24) is 19.8 Å². The van der Waals surface area contributed by atoms with Crippen LogP contribution < -0.4 is 15.4 Å². The molecule has 2 N–H and O–H groups in total. The van der Waals surface area contributed by atoms with Gasteiger partial charge in [-0.05, 0) is 60.5 Å². The first-order valence-corrected chi connectivity index (χ1v) is 13.7. The lowest BCUT2D eigenvalue weighted by Crippen LogP contribution is -2.49. The first-order valence-electron chi connectivity index (χ1n) is 12.8. The second-order valence-electron chi connectivity index (χ2n) is 9.45. The molecule has 8 nitrogen and oxygen atoms in total. The molecule has 9 heteroatoms. The van der Waals surface area contributed by atoms with Crippen LogP contribution in [0.4, 0.5) is 11.6 Å². The van der Waals surface area contributed by atoms with Crippen molar-refractivity contribution in [3.8, 4) is 17.0 Å². The molecule has 2 aliphatic heterocycles. The number of thioether (sulfide) groups is 1. The van der Waals surface area contributed by atoms with Gasteiger partial charge in [0, 0.05) is 61.3 Å². The Hall–Kier alpha value is -3.14. The number of piperazine rings is 1. The molecule has 1 saturated heterocycles. The van der Waals surface area contributed by atoms with E-state index in [0.717, 1.165) is 71.4 Å². The third kappa shape index (κ3) is 6.41. The molecule has 194 valence electrons.